The molecule has 0 radical (unpaired) electrons. The summed E-state index contributed by atoms with van der Waals surface area (Å²) in [6.07, 6.45) is -1.64. The quantitative estimate of drug-likeness (QED) is 0.233. The van der Waals surface area contributed by atoms with Crippen LogP contribution in [0.2, 0.25) is 0 Å². The maximum atomic E-state index is 12.7. The van der Waals surface area contributed by atoms with Gasteiger partial charge in [0.05, 0.1) is 18.6 Å². The third-order valence-corrected chi connectivity index (χ3v) is 5.27. The summed E-state index contributed by atoms with van der Waals surface area (Å²) in [5, 5.41) is 0. The highest BCUT2D eigenvalue weighted by Gasteiger charge is 2.30. The van der Waals surface area contributed by atoms with E-state index in [9.17, 15) is 18.0 Å². The van der Waals surface area contributed by atoms with Crippen molar-refractivity contribution in [1.82, 2.24) is 0 Å². The number of unbranched alkanes of at least 4 members (excludes halogenated alkanes) is 1. The molecular formula is C27H27F3O3. The zero-order valence-corrected chi connectivity index (χ0v) is 18.5. The minimum atomic E-state index is -4.38. The number of esters is 1. The fourth-order valence-corrected chi connectivity index (χ4v) is 3.45. The van der Waals surface area contributed by atoms with Crippen molar-refractivity contribution in [2.75, 3.05) is 6.61 Å². The van der Waals surface area contributed by atoms with Gasteiger partial charge in [-0.1, -0.05) is 55.8 Å². The summed E-state index contributed by atoms with van der Waals surface area (Å²) in [6, 6.07) is 21.8. The third-order valence-electron chi connectivity index (χ3n) is 5.27. The Morgan fingerprint density at radius 1 is 0.879 bits per heavy atom. The Balaban J connectivity index is 1.70. The summed E-state index contributed by atoms with van der Waals surface area (Å²) < 4.78 is 49.2. The standard InChI is InChI=1S/C27H27F3O3/c1-2-3-17-32-26(31)19-22(18-20-7-5-4-6-8-20)21-9-13-24(14-10-21)33-25-15-11-23(12-16-25)27(28,29)30/h4-16,22H,2-3,17-19H2,1H3. The summed E-state index contributed by atoms with van der Waals surface area (Å²) in [4.78, 5) is 12.4. The van der Waals surface area contributed by atoms with E-state index in [-0.39, 0.29) is 18.3 Å². The van der Waals surface area contributed by atoms with E-state index in [0.717, 1.165) is 36.1 Å². The Bertz CT molecular complexity index is 998. The van der Waals surface area contributed by atoms with E-state index in [1.807, 2.05) is 49.4 Å². The van der Waals surface area contributed by atoms with Crippen molar-refractivity contribution in [2.24, 2.45) is 0 Å². The second-order valence-electron chi connectivity index (χ2n) is 7.86. The maximum absolute atomic E-state index is 12.7. The van der Waals surface area contributed by atoms with Gasteiger partial charge in [-0.15, -0.1) is 0 Å². The normalized spacial score (nSPS) is 12.2. The molecule has 6 heteroatoms. The van der Waals surface area contributed by atoms with Crippen molar-refractivity contribution in [1.29, 1.82) is 0 Å². The maximum Gasteiger partial charge on any atom is 0.416 e. The van der Waals surface area contributed by atoms with E-state index in [4.69, 9.17) is 9.47 Å². The molecule has 0 bridgehead atoms. The minimum absolute atomic E-state index is 0.0679. The minimum Gasteiger partial charge on any atom is -0.466 e. The second kappa shape index (κ2) is 11.5. The zero-order valence-electron chi connectivity index (χ0n) is 18.5. The van der Waals surface area contributed by atoms with Crippen LogP contribution in [0.3, 0.4) is 0 Å². The molecule has 0 aromatic heterocycles. The molecule has 1 unspecified atom stereocenters. The lowest BCUT2D eigenvalue weighted by Crippen LogP contribution is -2.13. The van der Waals surface area contributed by atoms with Gasteiger partial charge in [-0.05, 0) is 66.3 Å². The molecule has 0 saturated heterocycles. The SMILES string of the molecule is CCCCOC(=O)CC(Cc1ccccc1)c1ccc(Oc2ccc(C(F)(F)F)cc2)cc1. The van der Waals surface area contributed by atoms with E-state index in [1.165, 1.54) is 12.1 Å². The summed E-state index contributed by atoms with van der Waals surface area (Å²) in [7, 11) is 0. The number of hydrogen-bond donors (Lipinski definition) is 0. The van der Waals surface area contributed by atoms with Crippen LogP contribution < -0.4 is 4.74 Å². The number of carbonyl (C=O) groups excluding carboxylic acids is 1. The number of alkyl halides is 3. The largest absolute Gasteiger partial charge is 0.466 e. The predicted octanol–water partition coefficient (Wildman–Crippen LogP) is 7.56. The molecule has 3 aromatic carbocycles. The first-order valence-electron chi connectivity index (χ1n) is 11.0. The lowest BCUT2D eigenvalue weighted by atomic mass is 9.89. The van der Waals surface area contributed by atoms with E-state index >= 15 is 0 Å². The highest BCUT2D eigenvalue weighted by atomic mass is 19.4. The Kier molecular flexibility index (Phi) is 8.52. The van der Waals surface area contributed by atoms with E-state index in [2.05, 4.69) is 0 Å². The molecule has 3 aromatic rings. The number of ether oxygens (including phenoxy) is 2. The average Bonchev–Trinajstić information content (AvgIpc) is 2.80. The molecule has 0 aliphatic heterocycles. The Morgan fingerprint density at radius 2 is 1.48 bits per heavy atom. The number of benzene rings is 3. The molecule has 3 nitrogen and oxygen atoms in total. The number of hydrogen-bond acceptors (Lipinski definition) is 3. The highest BCUT2D eigenvalue weighted by Crippen LogP contribution is 2.32. The van der Waals surface area contributed by atoms with Gasteiger partial charge in [0.15, 0.2) is 0 Å². The highest BCUT2D eigenvalue weighted by molar-refractivity contribution is 5.70. The average molecular weight is 457 g/mol. The fourth-order valence-electron chi connectivity index (χ4n) is 3.45. The topological polar surface area (TPSA) is 35.5 Å². The van der Waals surface area contributed by atoms with Gasteiger partial charge in [0.25, 0.3) is 0 Å². The van der Waals surface area contributed by atoms with Crippen molar-refractivity contribution >= 4 is 5.97 Å². The molecule has 0 aliphatic rings. The Labute approximate surface area is 192 Å². The van der Waals surface area contributed by atoms with Crippen molar-refractivity contribution in [2.45, 2.75) is 44.7 Å². The molecule has 0 N–H and O–H groups in total. The molecular weight excluding hydrogens is 429 g/mol. The first-order chi connectivity index (χ1) is 15.8. The van der Waals surface area contributed by atoms with Gasteiger partial charge >= 0.3 is 12.1 Å². The van der Waals surface area contributed by atoms with Crippen molar-refractivity contribution < 1.29 is 27.4 Å². The van der Waals surface area contributed by atoms with Gasteiger partial charge < -0.3 is 9.47 Å². The lowest BCUT2D eigenvalue weighted by molar-refractivity contribution is -0.144. The molecule has 0 amide bonds. The summed E-state index contributed by atoms with van der Waals surface area (Å²) in [5.74, 6) is 0.523. The van der Waals surface area contributed by atoms with Crippen LogP contribution in [-0.2, 0) is 22.1 Å². The molecule has 174 valence electrons. The van der Waals surface area contributed by atoms with E-state index in [1.54, 1.807) is 12.1 Å². The van der Waals surface area contributed by atoms with Crippen molar-refractivity contribution in [3.05, 3.63) is 95.6 Å². The number of carbonyl (C=O) groups is 1. The van der Waals surface area contributed by atoms with Gasteiger partial charge in [-0.3, -0.25) is 4.79 Å². The second-order valence-corrected chi connectivity index (χ2v) is 7.86. The predicted molar refractivity (Wildman–Crippen MR) is 121 cm³/mol. The van der Waals surface area contributed by atoms with Crippen LogP contribution in [0.5, 0.6) is 11.5 Å². The van der Waals surface area contributed by atoms with Crippen LogP contribution in [0, 0.1) is 0 Å². The molecule has 33 heavy (non-hydrogen) atoms. The number of rotatable bonds is 10. The molecule has 0 heterocycles. The Hall–Kier alpha value is -3.28. The summed E-state index contributed by atoms with van der Waals surface area (Å²) in [5.41, 5.74) is 1.36. The van der Waals surface area contributed by atoms with Crippen LogP contribution in [0.1, 0.15) is 48.8 Å². The zero-order chi connectivity index (χ0) is 23.7. The molecule has 1 atom stereocenters. The summed E-state index contributed by atoms with van der Waals surface area (Å²) >= 11 is 0. The monoisotopic (exact) mass is 456 g/mol. The van der Waals surface area contributed by atoms with Crippen molar-refractivity contribution in [3.8, 4) is 11.5 Å². The molecule has 3 rings (SSSR count). The number of halogens is 3. The van der Waals surface area contributed by atoms with Crippen molar-refractivity contribution in [3.63, 3.8) is 0 Å². The van der Waals surface area contributed by atoms with Gasteiger partial charge in [-0.25, -0.2) is 0 Å². The third kappa shape index (κ3) is 7.67. The van der Waals surface area contributed by atoms with Crippen LogP contribution in [0.4, 0.5) is 13.2 Å². The van der Waals surface area contributed by atoms with E-state index < -0.39 is 11.7 Å². The first-order valence-corrected chi connectivity index (χ1v) is 11.0. The molecule has 0 aliphatic carbocycles. The van der Waals surface area contributed by atoms with Crippen LogP contribution in [0.25, 0.3) is 0 Å². The van der Waals surface area contributed by atoms with Gasteiger partial charge in [0, 0.05) is 0 Å². The van der Waals surface area contributed by atoms with Crippen LogP contribution in [-0.4, -0.2) is 12.6 Å². The van der Waals surface area contributed by atoms with E-state index in [0.29, 0.717) is 24.5 Å². The Morgan fingerprint density at radius 3 is 2.06 bits per heavy atom. The fraction of sp³-hybridized carbons (Fsp3) is 0.296. The molecule has 0 saturated carbocycles. The van der Waals surface area contributed by atoms with Crippen LogP contribution >= 0.6 is 0 Å². The van der Waals surface area contributed by atoms with Crippen LogP contribution in [0.15, 0.2) is 78.9 Å². The van der Waals surface area contributed by atoms with Gasteiger partial charge in [0.1, 0.15) is 11.5 Å². The van der Waals surface area contributed by atoms with Gasteiger partial charge in [0.2, 0.25) is 0 Å². The lowest BCUT2D eigenvalue weighted by Gasteiger charge is -2.18. The molecule has 0 fully saturated rings. The molecule has 0 spiro atoms. The van der Waals surface area contributed by atoms with Gasteiger partial charge in [-0.2, -0.15) is 13.2 Å². The smallest absolute Gasteiger partial charge is 0.416 e. The summed E-state index contributed by atoms with van der Waals surface area (Å²) in [6.45, 7) is 2.47. The first kappa shape index (κ1) is 24.4.